The molecule has 7 heteroatoms. The fourth-order valence-corrected chi connectivity index (χ4v) is 1.47. The lowest BCUT2D eigenvalue weighted by Gasteiger charge is -2.11. The van der Waals surface area contributed by atoms with Crippen molar-refractivity contribution in [1.82, 2.24) is 24.5 Å². The summed E-state index contributed by atoms with van der Waals surface area (Å²) in [6.45, 7) is 1.97. The minimum atomic E-state index is -0.140. The van der Waals surface area contributed by atoms with Crippen molar-refractivity contribution in [3.05, 3.63) is 24.0 Å². The van der Waals surface area contributed by atoms with E-state index < -0.39 is 0 Å². The van der Waals surface area contributed by atoms with Crippen molar-refractivity contribution in [3.63, 3.8) is 0 Å². The van der Waals surface area contributed by atoms with E-state index in [1.165, 1.54) is 0 Å². The molecule has 2 heterocycles. The Labute approximate surface area is 109 Å². The lowest BCUT2D eigenvalue weighted by atomic mass is 10.2. The lowest BCUT2D eigenvalue weighted by Crippen LogP contribution is -2.18. The number of nitrogens with zero attached hydrogens (tertiary/aromatic N) is 5. The maximum Gasteiger partial charge on any atom is 0.241 e. The van der Waals surface area contributed by atoms with E-state index in [4.69, 9.17) is 18.0 Å². The molecule has 92 valence electrons. The molecule has 0 aromatic carbocycles. The fraction of sp³-hybridized carbons (Fsp3) is 0.273. The second-order valence-corrected chi connectivity index (χ2v) is 3.81. The first-order chi connectivity index (χ1) is 8.72. The smallest absolute Gasteiger partial charge is 0.241 e. The van der Waals surface area contributed by atoms with Gasteiger partial charge in [0.2, 0.25) is 17.2 Å². The van der Waals surface area contributed by atoms with Crippen LogP contribution in [-0.2, 0) is 0 Å². The van der Waals surface area contributed by atoms with Gasteiger partial charge in [-0.15, -0.1) is 6.42 Å². The quantitative estimate of drug-likeness (QED) is 0.847. The standard InChI is InChI=1S/C11H11ClN6/c1-3-8(4-2)14-10-15-9(12)16-11(17-10)18-6-5-13-7-18/h1,5-8H,4H2,2H3,(H,14,15,16,17). The van der Waals surface area contributed by atoms with Crippen LogP contribution in [0.1, 0.15) is 13.3 Å². The van der Waals surface area contributed by atoms with E-state index in [0.29, 0.717) is 11.9 Å². The summed E-state index contributed by atoms with van der Waals surface area (Å²) in [7, 11) is 0. The van der Waals surface area contributed by atoms with E-state index in [1.807, 2.05) is 6.92 Å². The molecular formula is C11H11ClN6. The largest absolute Gasteiger partial charge is 0.340 e. The number of nitrogens with one attached hydrogen (secondary N) is 1. The van der Waals surface area contributed by atoms with Crippen molar-refractivity contribution in [2.24, 2.45) is 0 Å². The van der Waals surface area contributed by atoms with Crippen LogP contribution in [0.25, 0.3) is 5.95 Å². The fourth-order valence-electron chi connectivity index (χ4n) is 1.31. The van der Waals surface area contributed by atoms with Gasteiger partial charge < -0.3 is 5.32 Å². The van der Waals surface area contributed by atoms with Gasteiger partial charge in [-0.05, 0) is 18.0 Å². The number of hydrogen-bond donors (Lipinski definition) is 1. The van der Waals surface area contributed by atoms with Gasteiger partial charge in [0.05, 0.1) is 6.04 Å². The predicted octanol–water partition coefficient (Wildman–Crippen LogP) is 1.53. The second kappa shape index (κ2) is 5.47. The number of hydrogen-bond acceptors (Lipinski definition) is 5. The normalized spacial score (nSPS) is 11.8. The van der Waals surface area contributed by atoms with Crippen molar-refractivity contribution < 1.29 is 0 Å². The summed E-state index contributed by atoms with van der Waals surface area (Å²) in [5.41, 5.74) is 0. The van der Waals surface area contributed by atoms with Gasteiger partial charge in [-0.2, -0.15) is 15.0 Å². The Morgan fingerprint density at radius 3 is 2.94 bits per heavy atom. The summed E-state index contributed by atoms with van der Waals surface area (Å²) in [6, 6.07) is -0.140. The molecule has 0 aliphatic heterocycles. The second-order valence-electron chi connectivity index (χ2n) is 3.47. The molecule has 0 aliphatic rings. The van der Waals surface area contributed by atoms with Crippen LogP contribution in [0.3, 0.4) is 0 Å². The van der Waals surface area contributed by atoms with Gasteiger partial charge in [-0.1, -0.05) is 12.8 Å². The average Bonchev–Trinajstić information content (AvgIpc) is 2.89. The molecular weight excluding hydrogens is 252 g/mol. The molecule has 0 bridgehead atoms. The molecule has 2 aromatic heterocycles. The van der Waals surface area contributed by atoms with Crippen LogP contribution in [0, 0.1) is 12.3 Å². The minimum Gasteiger partial charge on any atom is -0.340 e. The molecule has 1 N–H and O–H groups in total. The van der Waals surface area contributed by atoms with Gasteiger partial charge in [0.1, 0.15) is 6.33 Å². The van der Waals surface area contributed by atoms with E-state index in [-0.39, 0.29) is 11.3 Å². The van der Waals surface area contributed by atoms with Crippen LogP contribution in [0.2, 0.25) is 5.28 Å². The SMILES string of the molecule is C#CC(CC)Nc1nc(Cl)nc(-n2ccnc2)n1. The Bertz CT molecular complexity index is 559. The van der Waals surface area contributed by atoms with Crippen LogP contribution in [0.4, 0.5) is 5.95 Å². The molecule has 0 saturated carbocycles. The Morgan fingerprint density at radius 2 is 2.33 bits per heavy atom. The zero-order valence-corrected chi connectivity index (χ0v) is 10.5. The number of imidazole rings is 1. The summed E-state index contributed by atoms with van der Waals surface area (Å²) in [5.74, 6) is 3.34. The van der Waals surface area contributed by atoms with Crippen LogP contribution >= 0.6 is 11.6 Å². The highest BCUT2D eigenvalue weighted by atomic mass is 35.5. The Balaban J connectivity index is 2.30. The van der Waals surface area contributed by atoms with Crippen molar-refractivity contribution in [3.8, 4) is 18.3 Å². The maximum atomic E-state index is 5.85. The van der Waals surface area contributed by atoms with Gasteiger partial charge in [0.15, 0.2) is 0 Å². The summed E-state index contributed by atoms with van der Waals surface area (Å²) in [5, 5.41) is 3.11. The highest BCUT2D eigenvalue weighted by Crippen LogP contribution is 2.10. The molecule has 0 spiro atoms. The maximum absolute atomic E-state index is 5.85. The van der Waals surface area contributed by atoms with E-state index >= 15 is 0 Å². The third-order valence-corrected chi connectivity index (χ3v) is 2.41. The van der Waals surface area contributed by atoms with Gasteiger partial charge in [-0.25, -0.2) is 4.98 Å². The summed E-state index contributed by atoms with van der Waals surface area (Å²) >= 11 is 5.85. The van der Waals surface area contributed by atoms with Crippen LogP contribution in [-0.4, -0.2) is 30.5 Å². The first-order valence-electron chi connectivity index (χ1n) is 5.35. The van der Waals surface area contributed by atoms with Crippen molar-refractivity contribution in [1.29, 1.82) is 0 Å². The zero-order valence-electron chi connectivity index (χ0n) is 9.71. The number of rotatable bonds is 4. The molecule has 2 aromatic rings. The molecule has 1 unspecified atom stereocenters. The Morgan fingerprint density at radius 1 is 1.50 bits per heavy atom. The summed E-state index contributed by atoms with van der Waals surface area (Å²) in [6.07, 6.45) is 11.1. The Hall–Kier alpha value is -2.13. The number of aromatic nitrogens is 5. The minimum absolute atomic E-state index is 0.100. The highest BCUT2D eigenvalue weighted by molar-refractivity contribution is 6.28. The molecule has 18 heavy (non-hydrogen) atoms. The van der Waals surface area contributed by atoms with E-state index in [1.54, 1.807) is 23.3 Å². The van der Waals surface area contributed by atoms with E-state index in [9.17, 15) is 0 Å². The van der Waals surface area contributed by atoms with Crippen LogP contribution < -0.4 is 5.32 Å². The number of halogens is 1. The Kier molecular flexibility index (Phi) is 3.75. The molecule has 6 nitrogen and oxygen atoms in total. The predicted molar refractivity (Wildman–Crippen MR) is 68.5 cm³/mol. The molecule has 0 radical (unpaired) electrons. The molecule has 2 rings (SSSR count). The molecule has 0 amide bonds. The van der Waals surface area contributed by atoms with Gasteiger partial charge in [-0.3, -0.25) is 4.57 Å². The lowest BCUT2D eigenvalue weighted by molar-refractivity contribution is 0.823. The summed E-state index contributed by atoms with van der Waals surface area (Å²) in [4.78, 5) is 16.1. The number of terminal acetylenes is 1. The summed E-state index contributed by atoms with van der Waals surface area (Å²) < 4.78 is 1.63. The highest BCUT2D eigenvalue weighted by Gasteiger charge is 2.09. The van der Waals surface area contributed by atoms with Crippen molar-refractivity contribution in [2.75, 3.05) is 5.32 Å². The van der Waals surface area contributed by atoms with Crippen LogP contribution in [0.5, 0.6) is 0 Å². The van der Waals surface area contributed by atoms with Crippen molar-refractivity contribution >= 4 is 17.5 Å². The topological polar surface area (TPSA) is 68.5 Å². The van der Waals surface area contributed by atoms with Gasteiger partial charge in [0, 0.05) is 12.4 Å². The van der Waals surface area contributed by atoms with Gasteiger partial charge >= 0.3 is 0 Å². The third-order valence-electron chi connectivity index (χ3n) is 2.24. The van der Waals surface area contributed by atoms with E-state index in [2.05, 4.69) is 31.2 Å². The third kappa shape index (κ3) is 2.76. The van der Waals surface area contributed by atoms with Crippen LogP contribution in [0.15, 0.2) is 18.7 Å². The monoisotopic (exact) mass is 262 g/mol. The first kappa shape index (κ1) is 12.3. The van der Waals surface area contributed by atoms with E-state index in [0.717, 1.165) is 6.42 Å². The molecule has 0 fully saturated rings. The van der Waals surface area contributed by atoms with Gasteiger partial charge in [0.25, 0.3) is 0 Å². The number of anilines is 1. The molecule has 0 aliphatic carbocycles. The molecule has 1 atom stereocenters. The zero-order chi connectivity index (χ0) is 13.0. The van der Waals surface area contributed by atoms with Crippen molar-refractivity contribution in [2.45, 2.75) is 19.4 Å². The first-order valence-corrected chi connectivity index (χ1v) is 5.73. The molecule has 0 saturated heterocycles. The average molecular weight is 263 g/mol.